The highest BCUT2D eigenvalue weighted by Crippen LogP contribution is 2.46. The van der Waals surface area contributed by atoms with E-state index in [4.69, 9.17) is 10.5 Å². The van der Waals surface area contributed by atoms with E-state index < -0.39 is 0 Å². The van der Waals surface area contributed by atoms with Gasteiger partial charge in [-0.15, -0.1) is 0 Å². The van der Waals surface area contributed by atoms with Crippen LogP contribution in [0.15, 0.2) is 24.3 Å². The number of anilines is 1. The Morgan fingerprint density at radius 3 is 2.85 bits per heavy atom. The van der Waals surface area contributed by atoms with Crippen LogP contribution in [0.3, 0.4) is 0 Å². The van der Waals surface area contributed by atoms with Crippen molar-refractivity contribution in [3.63, 3.8) is 0 Å². The lowest BCUT2D eigenvalue weighted by atomic mass is 9.95. The van der Waals surface area contributed by atoms with Gasteiger partial charge in [0.05, 0.1) is 18.7 Å². The molecule has 3 unspecified atom stereocenters. The molecule has 2 fully saturated rings. The van der Waals surface area contributed by atoms with Crippen molar-refractivity contribution >= 4 is 11.6 Å². The summed E-state index contributed by atoms with van der Waals surface area (Å²) in [5.74, 6) is 2.22. The molecule has 0 spiro atoms. The Bertz CT molecular complexity index is 489. The first-order valence-electron chi connectivity index (χ1n) is 7.49. The average Bonchev–Trinajstić information content (AvgIpc) is 3.02. The van der Waals surface area contributed by atoms with Crippen LogP contribution in [0.4, 0.5) is 5.69 Å². The van der Waals surface area contributed by atoms with Gasteiger partial charge in [0.25, 0.3) is 0 Å². The van der Waals surface area contributed by atoms with E-state index in [1.165, 1.54) is 25.7 Å². The van der Waals surface area contributed by atoms with Gasteiger partial charge in [0, 0.05) is 6.04 Å². The molecule has 1 amide bonds. The van der Waals surface area contributed by atoms with Crippen LogP contribution in [0.5, 0.6) is 5.75 Å². The number of amides is 1. The first-order chi connectivity index (χ1) is 9.72. The van der Waals surface area contributed by atoms with Crippen molar-refractivity contribution in [2.75, 3.05) is 11.9 Å². The monoisotopic (exact) mass is 274 g/mol. The summed E-state index contributed by atoms with van der Waals surface area (Å²) in [5.41, 5.74) is 6.17. The number of hydrogen-bond donors (Lipinski definition) is 2. The molecule has 20 heavy (non-hydrogen) atoms. The number of ether oxygens (including phenoxy) is 1. The van der Waals surface area contributed by atoms with E-state index in [0.29, 0.717) is 12.6 Å². The maximum atomic E-state index is 10.8. The maximum absolute atomic E-state index is 10.8. The molecule has 0 aromatic heterocycles. The smallest absolute Gasteiger partial charge is 0.220 e. The highest BCUT2D eigenvalue weighted by molar-refractivity contribution is 5.73. The number of benzene rings is 1. The SMILES string of the molecule is NC(=O)CCOc1ccccc1NC1CC2CCC1C2. The quantitative estimate of drug-likeness (QED) is 0.838. The fourth-order valence-corrected chi connectivity index (χ4v) is 3.59. The number of nitrogens with two attached hydrogens (primary N) is 1. The van der Waals surface area contributed by atoms with Crippen molar-refractivity contribution in [2.24, 2.45) is 17.6 Å². The molecule has 0 saturated heterocycles. The average molecular weight is 274 g/mol. The third-order valence-corrected chi connectivity index (χ3v) is 4.57. The Morgan fingerprint density at radius 1 is 1.30 bits per heavy atom. The van der Waals surface area contributed by atoms with Crippen LogP contribution in [0.25, 0.3) is 0 Å². The number of carbonyl (C=O) groups excluding carboxylic acids is 1. The molecule has 0 radical (unpaired) electrons. The van der Waals surface area contributed by atoms with Crippen molar-refractivity contribution in [2.45, 2.75) is 38.1 Å². The van der Waals surface area contributed by atoms with Gasteiger partial charge in [-0.2, -0.15) is 0 Å². The van der Waals surface area contributed by atoms with Crippen molar-refractivity contribution in [1.29, 1.82) is 0 Å². The second-order valence-electron chi connectivity index (χ2n) is 5.99. The highest BCUT2D eigenvalue weighted by atomic mass is 16.5. The summed E-state index contributed by atoms with van der Waals surface area (Å²) in [6, 6.07) is 8.53. The standard InChI is InChI=1S/C16H22N2O2/c17-16(19)7-8-20-15-4-2-1-3-13(15)18-14-10-11-5-6-12(14)9-11/h1-4,11-12,14,18H,5-10H2,(H2,17,19). The number of fused-ring (bicyclic) bond motifs is 2. The zero-order valence-electron chi connectivity index (χ0n) is 11.7. The number of nitrogens with one attached hydrogen (secondary N) is 1. The number of hydrogen-bond acceptors (Lipinski definition) is 3. The molecule has 0 heterocycles. The van der Waals surface area contributed by atoms with Gasteiger partial charge in [-0.05, 0) is 43.2 Å². The predicted octanol–water partition coefficient (Wildman–Crippen LogP) is 2.54. The minimum atomic E-state index is -0.330. The zero-order chi connectivity index (χ0) is 13.9. The Morgan fingerprint density at radius 2 is 2.15 bits per heavy atom. The van der Waals surface area contributed by atoms with Gasteiger partial charge in [-0.25, -0.2) is 0 Å². The molecule has 2 bridgehead atoms. The van der Waals surface area contributed by atoms with Gasteiger partial charge in [-0.1, -0.05) is 18.6 Å². The second kappa shape index (κ2) is 5.73. The molecule has 3 N–H and O–H groups in total. The molecule has 3 rings (SSSR count). The van der Waals surface area contributed by atoms with Gasteiger partial charge in [0.15, 0.2) is 0 Å². The molecule has 2 aliphatic rings. The van der Waals surface area contributed by atoms with Crippen LogP contribution in [-0.4, -0.2) is 18.6 Å². The molecule has 108 valence electrons. The molecule has 2 saturated carbocycles. The van der Waals surface area contributed by atoms with E-state index in [9.17, 15) is 4.79 Å². The van der Waals surface area contributed by atoms with Crippen molar-refractivity contribution in [3.8, 4) is 5.75 Å². The predicted molar refractivity (Wildman–Crippen MR) is 78.6 cm³/mol. The van der Waals surface area contributed by atoms with Crippen molar-refractivity contribution in [3.05, 3.63) is 24.3 Å². The number of para-hydroxylation sites is 2. The summed E-state index contributed by atoms with van der Waals surface area (Å²) in [4.78, 5) is 10.8. The third kappa shape index (κ3) is 2.89. The van der Waals surface area contributed by atoms with Gasteiger partial charge >= 0.3 is 0 Å². The fraction of sp³-hybridized carbons (Fsp3) is 0.562. The second-order valence-corrected chi connectivity index (χ2v) is 5.99. The maximum Gasteiger partial charge on any atom is 0.220 e. The van der Waals surface area contributed by atoms with Crippen LogP contribution in [0.2, 0.25) is 0 Å². The summed E-state index contributed by atoms with van der Waals surface area (Å²) in [7, 11) is 0. The Labute approximate surface area is 119 Å². The first-order valence-corrected chi connectivity index (χ1v) is 7.49. The summed E-state index contributed by atoms with van der Waals surface area (Å²) in [6.45, 7) is 0.338. The molecule has 4 nitrogen and oxygen atoms in total. The van der Waals surface area contributed by atoms with E-state index in [2.05, 4.69) is 5.32 Å². The largest absolute Gasteiger partial charge is 0.491 e. The molecule has 1 aromatic rings. The van der Waals surface area contributed by atoms with Crippen LogP contribution in [0, 0.1) is 11.8 Å². The fourth-order valence-electron chi connectivity index (χ4n) is 3.59. The van der Waals surface area contributed by atoms with E-state index >= 15 is 0 Å². The number of primary amides is 1. The van der Waals surface area contributed by atoms with E-state index in [1.54, 1.807) is 0 Å². The lowest BCUT2D eigenvalue weighted by molar-refractivity contribution is -0.118. The molecule has 4 heteroatoms. The normalized spacial score (nSPS) is 27.5. The van der Waals surface area contributed by atoms with Gasteiger partial charge in [0.1, 0.15) is 5.75 Å². The highest BCUT2D eigenvalue weighted by Gasteiger charge is 2.39. The van der Waals surface area contributed by atoms with Gasteiger partial charge in [-0.3, -0.25) is 4.79 Å². The van der Waals surface area contributed by atoms with Crippen LogP contribution in [-0.2, 0) is 4.79 Å². The Kier molecular flexibility index (Phi) is 3.81. The van der Waals surface area contributed by atoms with E-state index in [-0.39, 0.29) is 12.3 Å². The van der Waals surface area contributed by atoms with Crippen LogP contribution < -0.4 is 15.8 Å². The Balaban J connectivity index is 1.62. The molecule has 0 aliphatic heterocycles. The topological polar surface area (TPSA) is 64.4 Å². The lowest BCUT2D eigenvalue weighted by Gasteiger charge is -2.25. The van der Waals surface area contributed by atoms with Crippen molar-refractivity contribution in [1.82, 2.24) is 0 Å². The minimum absolute atomic E-state index is 0.252. The molecule has 3 atom stereocenters. The molecular formula is C16H22N2O2. The van der Waals surface area contributed by atoms with Crippen molar-refractivity contribution < 1.29 is 9.53 Å². The summed E-state index contributed by atoms with van der Waals surface area (Å²) in [6.07, 6.45) is 5.66. The van der Waals surface area contributed by atoms with E-state index in [0.717, 1.165) is 23.3 Å². The number of carbonyl (C=O) groups is 1. The first kappa shape index (κ1) is 13.3. The minimum Gasteiger partial charge on any atom is -0.491 e. The summed E-state index contributed by atoms with van der Waals surface area (Å²) < 4.78 is 5.68. The van der Waals surface area contributed by atoms with Gasteiger partial charge < -0.3 is 15.8 Å². The Hall–Kier alpha value is -1.71. The molecule has 1 aromatic carbocycles. The van der Waals surface area contributed by atoms with Crippen LogP contribution in [0.1, 0.15) is 32.1 Å². The summed E-state index contributed by atoms with van der Waals surface area (Å²) >= 11 is 0. The summed E-state index contributed by atoms with van der Waals surface area (Å²) in [5, 5.41) is 3.64. The van der Waals surface area contributed by atoms with Crippen LogP contribution >= 0.6 is 0 Å². The zero-order valence-corrected chi connectivity index (χ0v) is 11.7. The van der Waals surface area contributed by atoms with Gasteiger partial charge in [0.2, 0.25) is 5.91 Å². The molecular weight excluding hydrogens is 252 g/mol. The lowest BCUT2D eigenvalue weighted by Crippen LogP contribution is -2.26. The van der Waals surface area contributed by atoms with E-state index in [1.807, 2.05) is 24.3 Å². The third-order valence-electron chi connectivity index (χ3n) is 4.57. The molecule has 2 aliphatic carbocycles. The number of rotatable bonds is 6.